The number of halogens is 1. The summed E-state index contributed by atoms with van der Waals surface area (Å²) < 4.78 is 7.30. The maximum Gasteiger partial charge on any atom is 0.407 e. The lowest BCUT2D eigenvalue weighted by atomic mass is 10.0. The van der Waals surface area contributed by atoms with E-state index in [1.54, 1.807) is 6.20 Å². The molecule has 0 radical (unpaired) electrons. The van der Waals surface area contributed by atoms with Crippen LogP contribution >= 0.6 is 11.6 Å². The average molecular weight is 339 g/mol. The van der Waals surface area contributed by atoms with Crippen LogP contribution in [0.5, 0.6) is 0 Å². The Bertz CT molecular complexity index is 691. The highest BCUT2D eigenvalue weighted by atomic mass is 35.5. The Hall–Kier alpha value is -1.82. The number of ether oxygens (including phenoxy) is 1. The van der Waals surface area contributed by atoms with Gasteiger partial charge in [-0.25, -0.2) is 9.78 Å². The van der Waals surface area contributed by atoms with E-state index in [4.69, 9.17) is 16.3 Å². The van der Waals surface area contributed by atoms with E-state index >= 15 is 0 Å². The summed E-state index contributed by atoms with van der Waals surface area (Å²) in [5, 5.41) is 4.05. The van der Waals surface area contributed by atoms with E-state index in [-0.39, 0.29) is 17.2 Å². The molecule has 1 amide bonds. The first-order valence-electron chi connectivity index (χ1n) is 7.62. The standard InChI is InChI=1S/C16H23ClN4O2/c1-10(2)12(19-15(22)23-16(3,4)5)9-21-7-6-11-8-18-14(17)20-13(11)21/h6-8,10,12H,9H2,1-5H3,(H,19,22)/t12-/m1/s1. The van der Waals surface area contributed by atoms with Gasteiger partial charge in [-0.2, -0.15) is 4.98 Å². The summed E-state index contributed by atoms with van der Waals surface area (Å²) in [7, 11) is 0. The van der Waals surface area contributed by atoms with Gasteiger partial charge in [0.2, 0.25) is 5.28 Å². The largest absolute Gasteiger partial charge is 0.444 e. The van der Waals surface area contributed by atoms with Crippen LogP contribution in [0.3, 0.4) is 0 Å². The highest BCUT2D eigenvalue weighted by Gasteiger charge is 2.22. The lowest BCUT2D eigenvalue weighted by Gasteiger charge is -2.26. The molecule has 0 aliphatic carbocycles. The summed E-state index contributed by atoms with van der Waals surface area (Å²) in [6.45, 7) is 10.2. The normalized spacial score (nSPS) is 13.3. The highest BCUT2D eigenvalue weighted by molar-refractivity contribution is 6.28. The summed E-state index contributed by atoms with van der Waals surface area (Å²) in [5.41, 5.74) is 0.230. The van der Waals surface area contributed by atoms with Gasteiger partial charge >= 0.3 is 6.09 Å². The number of carbonyl (C=O) groups excluding carboxylic acids is 1. The molecule has 0 bridgehead atoms. The molecule has 126 valence electrons. The molecule has 0 aromatic carbocycles. The van der Waals surface area contributed by atoms with E-state index in [1.165, 1.54) is 0 Å². The number of amides is 1. The number of nitrogens with one attached hydrogen (secondary N) is 1. The van der Waals surface area contributed by atoms with Crippen molar-refractivity contribution in [2.45, 2.75) is 52.8 Å². The second-order valence-corrected chi connectivity index (χ2v) is 7.22. The van der Waals surface area contributed by atoms with Crippen LogP contribution in [0.4, 0.5) is 4.79 Å². The van der Waals surface area contributed by atoms with Gasteiger partial charge in [-0.1, -0.05) is 13.8 Å². The fraction of sp³-hybridized carbons (Fsp3) is 0.562. The number of hydrogen-bond donors (Lipinski definition) is 1. The topological polar surface area (TPSA) is 69.0 Å². The monoisotopic (exact) mass is 338 g/mol. The second-order valence-electron chi connectivity index (χ2n) is 6.88. The van der Waals surface area contributed by atoms with Crippen LogP contribution in [0, 0.1) is 5.92 Å². The molecule has 0 saturated heterocycles. The Morgan fingerprint density at radius 3 is 2.74 bits per heavy atom. The van der Waals surface area contributed by atoms with E-state index in [9.17, 15) is 4.79 Å². The summed E-state index contributed by atoms with van der Waals surface area (Å²) in [5.74, 6) is 0.234. The zero-order chi connectivity index (χ0) is 17.2. The molecule has 0 saturated carbocycles. The van der Waals surface area contributed by atoms with Gasteiger partial charge in [0.1, 0.15) is 11.2 Å². The van der Waals surface area contributed by atoms with Crippen LogP contribution < -0.4 is 5.32 Å². The van der Waals surface area contributed by atoms with Crippen LogP contribution in [0.25, 0.3) is 11.0 Å². The third-order valence-electron chi connectivity index (χ3n) is 3.37. The van der Waals surface area contributed by atoms with Crippen molar-refractivity contribution in [3.8, 4) is 0 Å². The van der Waals surface area contributed by atoms with Crippen molar-refractivity contribution in [3.05, 3.63) is 23.7 Å². The highest BCUT2D eigenvalue weighted by Crippen LogP contribution is 2.17. The van der Waals surface area contributed by atoms with E-state index in [0.717, 1.165) is 11.0 Å². The lowest BCUT2D eigenvalue weighted by Crippen LogP contribution is -2.44. The molecule has 2 heterocycles. The van der Waals surface area contributed by atoms with Gasteiger partial charge in [-0.3, -0.25) is 0 Å². The molecule has 2 aromatic rings. The molecule has 0 fully saturated rings. The SMILES string of the molecule is CC(C)[C@@H](Cn1ccc2cnc(Cl)nc21)NC(=O)OC(C)(C)C. The van der Waals surface area contributed by atoms with Crippen molar-refractivity contribution in [1.29, 1.82) is 0 Å². The minimum atomic E-state index is -0.521. The van der Waals surface area contributed by atoms with Gasteiger partial charge in [0.05, 0.1) is 6.04 Å². The second kappa shape index (κ2) is 6.74. The van der Waals surface area contributed by atoms with Crippen LogP contribution in [0.2, 0.25) is 5.28 Å². The Balaban J connectivity index is 2.15. The quantitative estimate of drug-likeness (QED) is 0.864. The predicted octanol–water partition coefficient (Wildman–Crippen LogP) is 3.63. The van der Waals surface area contributed by atoms with Crippen LogP contribution in [-0.2, 0) is 11.3 Å². The molecule has 1 atom stereocenters. The van der Waals surface area contributed by atoms with E-state index < -0.39 is 11.7 Å². The lowest BCUT2D eigenvalue weighted by molar-refractivity contribution is 0.0484. The number of aromatic nitrogens is 3. The first-order chi connectivity index (χ1) is 10.7. The fourth-order valence-corrected chi connectivity index (χ4v) is 2.32. The van der Waals surface area contributed by atoms with Gasteiger partial charge in [-0.15, -0.1) is 0 Å². The summed E-state index contributed by atoms with van der Waals surface area (Å²) in [6.07, 6.45) is 3.19. The number of alkyl carbamates (subject to hydrolysis) is 1. The van der Waals surface area contributed by atoms with Crippen LogP contribution in [0.15, 0.2) is 18.5 Å². The Morgan fingerprint density at radius 2 is 2.13 bits per heavy atom. The number of rotatable bonds is 4. The molecule has 0 unspecified atom stereocenters. The van der Waals surface area contributed by atoms with Gasteiger partial charge in [0, 0.05) is 24.3 Å². The molecule has 1 N–H and O–H groups in total. The third kappa shape index (κ3) is 4.82. The van der Waals surface area contributed by atoms with Gasteiger partial charge < -0.3 is 14.6 Å². The van der Waals surface area contributed by atoms with Crippen LogP contribution in [-0.4, -0.2) is 32.3 Å². The zero-order valence-corrected chi connectivity index (χ0v) is 14.9. The maximum atomic E-state index is 12.0. The molecule has 2 aromatic heterocycles. The fourth-order valence-electron chi connectivity index (χ4n) is 2.19. The first kappa shape index (κ1) is 17.5. The molecule has 7 heteroatoms. The third-order valence-corrected chi connectivity index (χ3v) is 3.55. The molecule has 0 aliphatic rings. The van der Waals surface area contributed by atoms with E-state index in [1.807, 2.05) is 37.6 Å². The number of nitrogens with zero attached hydrogens (tertiary/aromatic N) is 3. The number of carbonyl (C=O) groups is 1. The summed E-state index contributed by atoms with van der Waals surface area (Å²) >= 11 is 5.88. The van der Waals surface area contributed by atoms with Gasteiger partial charge in [0.15, 0.2) is 0 Å². The summed E-state index contributed by atoms with van der Waals surface area (Å²) in [4.78, 5) is 20.3. The zero-order valence-electron chi connectivity index (χ0n) is 14.1. The maximum absolute atomic E-state index is 12.0. The van der Waals surface area contributed by atoms with Crippen molar-refractivity contribution in [2.75, 3.05) is 0 Å². The first-order valence-corrected chi connectivity index (χ1v) is 8.00. The van der Waals surface area contributed by atoms with Crippen molar-refractivity contribution in [3.63, 3.8) is 0 Å². The van der Waals surface area contributed by atoms with Gasteiger partial charge in [-0.05, 0) is 44.4 Å². The van der Waals surface area contributed by atoms with Crippen LogP contribution in [0.1, 0.15) is 34.6 Å². The Labute approximate surface area is 141 Å². The molecular formula is C16H23ClN4O2. The van der Waals surface area contributed by atoms with Crippen molar-refractivity contribution < 1.29 is 9.53 Å². The predicted molar refractivity (Wildman–Crippen MR) is 90.5 cm³/mol. The number of fused-ring (bicyclic) bond motifs is 1. The molecule has 2 rings (SSSR count). The molecule has 0 aliphatic heterocycles. The van der Waals surface area contributed by atoms with Crippen molar-refractivity contribution in [2.24, 2.45) is 5.92 Å². The molecule has 6 nitrogen and oxygen atoms in total. The van der Waals surface area contributed by atoms with E-state index in [0.29, 0.717) is 6.54 Å². The smallest absolute Gasteiger partial charge is 0.407 e. The van der Waals surface area contributed by atoms with Crippen molar-refractivity contribution in [1.82, 2.24) is 19.9 Å². The Morgan fingerprint density at radius 1 is 1.43 bits per heavy atom. The number of hydrogen-bond acceptors (Lipinski definition) is 4. The van der Waals surface area contributed by atoms with E-state index in [2.05, 4.69) is 29.1 Å². The average Bonchev–Trinajstić information content (AvgIpc) is 2.78. The van der Waals surface area contributed by atoms with Gasteiger partial charge in [0.25, 0.3) is 0 Å². The minimum Gasteiger partial charge on any atom is -0.444 e. The molecular weight excluding hydrogens is 316 g/mol. The minimum absolute atomic E-state index is 0.0887. The van der Waals surface area contributed by atoms with Crippen molar-refractivity contribution >= 4 is 28.7 Å². The Kier molecular flexibility index (Phi) is 5.14. The molecule has 23 heavy (non-hydrogen) atoms. The molecule has 0 spiro atoms. The summed E-state index contributed by atoms with van der Waals surface area (Å²) in [6, 6.07) is 1.84.